The van der Waals surface area contributed by atoms with Crippen molar-refractivity contribution in [1.29, 1.82) is 5.26 Å². The number of hydrogen-bond acceptors (Lipinski definition) is 9. The number of carbonyl (C=O) groups excluding carboxylic acids is 1. The lowest BCUT2D eigenvalue weighted by Crippen LogP contribution is -2.49. The van der Waals surface area contributed by atoms with Gasteiger partial charge in [0.2, 0.25) is 5.91 Å². The molecule has 4 heterocycles. The van der Waals surface area contributed by atoms with Crippen LogP contribution in [0.5, 0.6) is 0 Å². The highest BCUT2D eigenvalue weighted by Gasteiger charge is 2.38. The highest BCUT2D eigenvalue weighted by molar-refractivity contribution is 6.34. The van der Waals surface area contributed by atoms with Crippen molar-refractivity contribution < 1.29 is 32.3 Å². The molecule has 0 aliphatic carbocycles. The first-order valence-corrected chi connectivity index (χ1v) is 16.9. The second kappa shape index (κ2) is 17.0. The smallest absolute Gasteiger partial charge is 0.475 e. The molecule has 280 valence electrons. The van der Waals surface area contributed by atoms with Crippen LogP contribution in [-0.4, -0.2) is 87.3 Å². The Bertz CT molecular complexity index is 2110. The maximum Gasteiger partial charge on any atom is 0.490 e. The average Bonchev–Trinajstić information content (AvgIpc) is 3.11. The Kier molecular flexibility index (Phi) is 12.9. The third-order valence-corrected chi connectivity index (χ3v) is 8.53. The molecule has 1 aromatic carbocycles. The van der Waals surface area contributed by atoms with E-state index in [9.17, 15) is 28.0 Å². The summed E-state index contributed by atoms with van der Waals surface area (Å²) in [5, 5.41) is 21.2. The average molecular weight is 757 g/mol. The molecule has 12 nitrogen and oxygen atoms in total. The highest BCUT2D eigenvalue weighted by atomic mass is 35.5. The first-order chi connectivity index (χ1) is 25.0. The molecular weight excluding hydrogens is 720 g/mol. The van der Waals surface area contributed by atoms with Crippen molar-refractivity contribution in [3.8, 4) is 23.0 Å². The topological polar surface area (TPSA) is 157 Å². The third kappa shape index (κ3) is 8.81. The van der Waals surface area contributed by atoms with Gasteiger partial charge in [0.05, 0.1) is 33.5 Å². The molecule has 17 heteroatoms. The minimum Gasteiger partial charge on any atom is -0.475 e. The van der Waals surface area contributed by atoms with Crippen LogP contribution in [0.1, 0.15) is 56.5 Å². The van der Waals surface area contributed by atoms with Gasteiger partial charge in [0.25, 0.3) is 5.56 Å². The number of likely N-dealkylation sites (N-methyl/N-ethyl adjacent to an activating group) is 1. The number of carboxylic acid groups (broad SMARTS) is 1. The van der Waals surface area contributed by atoms with Gasteiger partial charge in [0, 0.05) is 49.7 Å². The Balaban J connectivity index is 0.000000815. The number of halogens is 5. The van der Waals surface area contributed by atoms with Gasteiger partial charge in [-0.3, -0.25) is 14.2 Å². The lowest BCUT2D eigenvalue weighted by atomic mass is 10.00. The van der Waals surface area contributed by atoms with E-state index < -0.39 is 23.5 Å². The van der Waals surface area contributed by atoms with Gasteiger partial charge in [0.15, 0.2) is 0 Å². The van der Waals surface area contributed by atoms with Crippen LogP contribution in [0.2, 0.25) is 5.02 Å². The number of pyridine rings is 2. The molecule has 0 radical (unpaired) electrons. The molecule has 4 aromatic rings. The van der Waals surface area contributed by atoms with Crippen LogP contribution in [0.25, 0.3) is 28.0 Å². The third-order valence-electron chi connectivity index (χ3n) is 8.25. The van der Waals surface area contributed by atoms with Gasteiger partial charge in [0.1, 0.15) is 29.4 Å². The number of rotatable bonds is 8. The number of aromatic nitrogens is 4. The lowest BCUT2D eigenvalue weighted by Gasteiger charge is -2.36. The number of amides is 1. The number of nitrogens with one attached hydrogen (secondary N) is 1. The fourth-order valence-corrected chi connectivity index (χ4v) is 6.01. The van der Waals surface area contributed by atoms with Crippen molar-refractivity contribution in [1.82, 2.24) is 29.7 Å². The Morgan fingerprint density at radius 3 is 2.15 bits per heavy atom. The molecule has 1 saturated heterocycles. The molecule has 0 atom stereocenters. The van der Waals surface area contributed by atoms with Crippen LogP contribution in [-0.2, 0) is 9.59 Å². The van der Waals surface area contributed by atoms with Gasteiger partial charge in [-0.25, -0.2) is 24.1 Å². The minimum absolute atomic E-state index is 0.0917. The summed E-state index contributed by atoms with van der Waals surface area (Å²) in [6.07, 6.45) is -0.302. The number of carboxylic acids is 1. The summed E-state index contributed by atoms with van der Waals surface area (Å²) < 4.78 is 48.2. The molecule has 0 saturated carbocycles. The summed E-state index contributed by atoms with van der Waals surface area (Å²) in [6, 6.07) is 9.96. The normalized spacial score (nSPS) is 13.4. The molecule has 0 bridgehead atoms. The maximum absolute atomic E-state index is 15.1. The Morgan fingerprint density at radius 1 is 1.06 bits per heavy atom. The molecule has 3 aromatic heterocycles. The van der Waals surface area contributed by atoms with E-state index in [1.54, 1.807) is 42.3 Å². The minimum atomic E-state index is -5.08. The van der Waals surface area contributed by atoms with E-state index >= 15 is 4.39 Å². The van der Waals surface area contributed by atoms with E-state index in [0.717, 1.165) is 0 Å². The van der Waals surface area contributed by atoms with Crippen molar-refractivity contribution in [3.63, 3.8) is 0 Å². The molecule has 53 heavy (non-hydrogen) atoms. The van der Waals surface area contributed by atoms with E-state index in [2.05, 4.69) is 21.4 Å². The van der Waals surface area contributed by atoms with Crippen LogP contribution in [0, 0.1) is 17.1 Å². The number of anilines is 1. The lowest BCUT2D eigenvalue weighted by molar-refractivity contribution is -0.192. The number of nitrogens with zero attached hydrogens (tertiary/aromatic N) is 7. The number of hydrogen-bond donors (Lipinski definition) is 2. The van der Waals surface area contributed by atoms with Crippen LogP contribution >= 0.6 is 11.6 Å². The molecular formula is C36H37ClF4N8O4. The van der Waals surface area contributed by atoms with Crippen LogP contribution in [0.4, 0.5) is 23.2 Å². The summed E-state index contributed by atoms with van der Waals surface area (Å²) in [4.78, 5) is 53.8. The number of piperazine rings is 1. The fraction of sp³-hybridized carbons (Fsp3) is 0.361. The van der Waals surface area contributed by atoms with Crippen molar-refractivity contribution in [2.45, 2.75) is 45.7 Å². The number of benzene rings is 1. The Morgan fingerprint density at radius 2 is 1.64 bits per heavy atom. The second-order valence-corrected chi connectivity index (χ2v) is 12.9. The molecule has 5 rings (SSSR count). The van der Waals surface area contributed by atoms with Gasteiger partial charge in [-0.1, -0.05) is 57.5 Å². The summed E-state index contributed by atoms with van der Waals surface area (Å²) in [5.74, 6) is -3.59. The maximum atomic E-state index is 15.1. The van der Waals surface area contributed by atoms with Crippen molar-refractivity contribution in [2.75, 3.05) is 44.7 Å². The van der Waals surface area contributed by atoms with Crippen LogP contribution in [0.3, 0.4) is 0 Å². The molecule has 1 aliphatic heterocycles. The highest BCUT2D eigenvalue weighted by Crippen LogP contribution is 2.38. The quantitative estimate of drug-likeness (QED) is 0.166. The zero-order valence-electron chi connectivity index (χ0n) is 29.5. The first-order valence-electron chi connectivity index (χ1n) is 16.5. The SMILES string of the molecule is CNC/C=C/C(=O)N1CCN(c2c(C#N)c(=O)n(-c3c(C(C)C)ncnc3C(C)C)c3nc(-c4ccccc4F)c(Cl)cc23)CC1.O=C(O)C(F)(F)F. The molecule has 0 unspecified atom stereocenters. The summed E-state index contributed by atoms with van der Waals surface area (Å²) >= 11 is 6.83. The Hall–Kier alpha value is -5.40. The second-order valence-electron chi connectivity index (χ2n) is 12.5. The summed E-state index contributed by atoms with van der Waals surface area (Å²) in [6.45, 7) is 9.94. The predicted octanol–water partition coefficient (Wildman–Crippen LogP) is 5.81. The van der Waals surface area contributed by atoms with E-state index in [1.165, 1.54) is 23.0 Å². The molecule has 0 spiro atoms. The van der Waals surface area contributed by atoms with E-state index in [0.29, 0.717) is 60.9 Å². The van der Waals surface area contributed by atoms with E-state index in [4.69, 9.17) is 26.5 Å². The summed E-state index contributed by atoms with van der Waals surface area (Å²) in [5.41, 5.74) is 1.90. The first kappa shape index (κ1) is 40.4. The number of alkyl halides is 3. The van der Waals surface area contributed by atoms with Crippen molar-refractivity contribution in [2.24, 2.45) is 0 Å². The predicted molar refractivity (Wildman–Crippen MR) is 192 cm³/mol. The van der Waals surface area contributed by atoms with E-state index in [1.807, 2.05) is 32.6 Å². The van der Waals surface area contributed by atoms with Gasteiger partial charge in [-0.15, -0.1) is 0 Å². The summed E-state index contributed by atoms with van der Waals surface area (Å²) in [7, 11) is 1.80. The monoisotopic (exact) mass is 756 g/mol. The number of aliphatic carboxylic acids is 1. The zero-order valence-corrected chi connectivity index (χ0v) is 30.3. The molecule has 2 N–H and O–H groups in total. The Labute approximate surface area is 307 Å². The largest absolute Gasteiger partial charge is 0.490 e. The van der Waals surface area contributed by atoms with Gasteiger partial charge >= 0.3 is 12.1 Å². The van der Waals surface area contributed by atoms with Crippen molar-refractivity contribution >= 4 is 40.2 Å². The van der Waals surface area contributed by atoms with Crippen molar-refractivity contribution in [3.05, 3.63) is 87.0 Å². The fourth-order valence-electron chi connectivity index (χ4n) is 5.76. The molecule has 1 aliphatic rings. The van der Waals surface area contributed by atoms with Crippen LogP contribution in [0.15, 0.2) is 53.6 Å². The van der Waals surface area contributed by atoms with Gasteiger partial charge in [-0.2, -0.15) is 18.4 Å². The number of nitriles is 1. The number of fused-ring (bicyclic) bond motifs is 1. The number of carbonyl (C=O) groups is 2. The van der Waals surface area contributed by atoms with Gasteiger partial charge in [-0.05, 0) is 37.1 Å². The molecule has 1 fully saturated rings. The van der Waals surface area contributed by atoms with Gasteiger partial charge < -0.3 is 20.2 Å². The zero-order chi connectivity index (χ0) is 39.2. The molecule has 1 amide bonds. The standard InChI is InChI=1S/C34H36ClFN8O2.C2HF3O2/c1-20(2)28-32(29(21(3)4)40-19-39-28)44-33-23(17-25(35)30(41-33)22-9-6-7-10-26(22)36)31(24(18-37)34(44)46)43-15-13-42(14-16-43)27(45)11-8-12-38-5;3-2(4,5)1(6)7/h6-11,17,19-21,38H,12-16H2,1-5H3;(H,6,7)/b11-8+;. The van der Waals surface area contributed by atoms with E-state index in [-0.39, 0.29) is 45.2 Å². The van der Waals surface area contributed by atoms with Crippen LogP contribution < -0.4 is 15.8 Å².